The second-order valence-electron chi connectivity index (χ2n) is 8.14. The summed E-state index contributed by atoms with van der Waals surface area (Å²) in [6.07, 6.45) is 5.28. The molecule has 0 spiro atoms. The lowest BCUT2D eigenvalue weighted by molar-refractivity contribution is -0.136. The smallest absolute Gasteiger partial charge is 0.237 e. The minimum absolute atomic E-state index is 0.0314. The van der Waals surface area contributed by atoms with Gasteiger partial charge in [-0.1, -0.05) is 18.2 Å². The lowest BCUT2D eigenvalue weighted by Gasteiger charge is -2.37. The molecule has 1 N–H and O–H groups in total. The Bertz CT molecular complexity index is 929. The number of benzene rings is 1. The highest BCUT2D eigenvalue weighted by atomic mass is 32.1. The fourth-order valence-corrected chi connectivity index (χ4v) is 5.04. The van der Waals surface area contributed by atoms with Crippen LogP contribution in [0, 0.1) is 0 Å². The van der Waals surface area contributed by atoms with Crippen molar-refractivity contribution in [1.29, 1.82) is 0 Å². The first kappa shape index (κ1) is 25.0. The van der Waals surface area contributed by atoms with Crippen LogP contribution in [0.4, 0.5) is 0 Å². The van der Waals surface area contributed by atoms with E-state index < -0.39 is 6.10 Å². The number of carbonyl (C=O) groups excluding carboxylic acids is 1. The summed E-state index contributed by atoms with van der Waals surface area (Å²) in [7, 11) is 1.63. The lowest BCUT2D eigenvalue weighted by Crippen LogP contribution is -2.47. The van der Waals surface area contributed by atoms with Gasteiger partial charge in [0.2, 0.25) is 5.91 Å². The number of ether oxygens (including phenoxy) is 2. The lowest BCUT2D eigenvalue weighted by atomic mass is 10.0. The molecule has 0 saturated carbocycles. The summed E-state index contributed by atoms with van der Waals surface area (Å²) in [5, 5.41) is 12.4. The van der Waals surface area contributed by atoms with Crippen molar-refractivity contribution in [2.24, 2.45) is 0 Å². The maximum absolute atomic E-state index is 13.4. The topological polar surface area (TPSA) is 62.2 Å². The summed E-state index contributed by atoms with van der Waals surface area (Å²) in [4.78, 5) is 18.6. The van der Waals surface area contributed by atoms with E-state index in [2.05, 4.69) is 24.6 Å². The summed E-state index contributed by atoms with van der Waals surface area (Å²) < 4.78 is 11.4. The van der Waals surface area contributed by atoms with Crippen molar-refractivity contribution in [3.63, 3.8) is 0 Å². The molecule has 2 atom stereocenters. The van der Waals surface area contributed by atoms with Crippen LogP contribution in [0.25, 0.3) is 0 Å². The molecule has 0 unspecified atom stereocenters. The number of methoxy groups -OCH3 is 1. The molecule has 1 aliphatic heterocycles. The highest BCUT2D eigenvalue weighted by Crippen LogP contribution is 2.34. The zero-order chi connectivity index (χ0) is 23.6. The Morgan fingerprint density at radius 2 is 2.15 bits per heavy atom. The predicted molar refractivity (Wildman–Crippen MR) is 133 cm³/mol. The van der Waals surface area contributed by atoms with Crippen LogP contribution in [0.3, 0.4) is 0 Å². The number of thiophene rings is 1. The largest absolute Gasteiger partial charge is 0.497 e. The Hall–Kier alpha value is -2.61. The molecule has 6 nitrogen and oxygen atoms in total. The number of hydrogen-bond acceptors (Lipinski definition) is 6. The third-order valence-corrected chi connectivity index (χ3v) is 6.78. The van der Waals surface area contributed by atoms with E-state index in [9.17, 15) is 9.90 Å². The third kappa shape index (κ3) is 6.93. The monoisotopic (exact) mass is 470 g/mol. The molecule has 0 saturated heterocycles. The van der Waals surface area contributed by atoms with Gasteiger partial charge in [-0.3, -0.25) is 9.69 Å². The molecule has 1 aromatic carbocycles. The van der Waals surface area contributed by atoms with Crippen LogP contribution in [-0.4, -0.2) is 66.8 Å². The van der Waals surface area contributed by atoms with Crippen molar-refractivity contribution in [2.45, 2.75) is 31.4 Å². The first-order chi connectivity index (χ1) is 16.0. The number of fused-ring (bicyclic) bond motifs is 1. The molecule has 0 bridgehead atoms. The van der Waals surface area contributed by atoms with Crippen LogP contribution in [0.15, 0.2) is 61.0 Å². The second-order valence-corrected chi connectivity index (χ2v) is 9.15. The van der Waals surface area contributed by atoms with Gasteiger partial charge in [0.1, 0.15) is 18.1 Å². The van der Waals surface area contributed by atoms with Crippen LogP contribution >= 0.6 is 11.3 Å². The Morgan fingerprint density at radius 3 is 2.91 bits per heavy atom. The Balaban J connectivity index is 1.70. The molecule has 2 aromatic rings. The van der Waals surface area contributed by atoms with E-state index in [1.165, 1.54) is 4.88 Å². The van der Waals surface area contributed by atoms with Gasteiger partial charge in [0.15, 0.2) is 0 Å². The molecule has 1 aliphatic rings. The molecular formula is C26H34N2O4S. The molecule has 33 heavy (non-hydrogen) atoms. The number of aliphatic hydroxyl groups excluding tert-OH is 1. The third-order valence-electron chi connectivity index (χ3n) is 5.78. The number of hydrogen-bond donors (Lipinski definition) is 1. The van der Waals surface area contributed by atoms with Crippen LogP contribution in [-0.2, 0) is 11.2 Å². The molecular weight excluding hydrogens is 436 g/mol. The quantitative estimate of drug-likeness (QED) is 0.447. The van der Waals surface area contributed by atoms with Crippen LogP contribution < -0.4 is 9.47 Å². The number of allylic oxidation sites excluding steroid dienone is 1. The molecule has 1 aromatic heterocycles. The summed E-state index contributed by atoms with van der Waals surface area (Å²) >= 11 is 1.73. The first-order valence-electron chi connectivity index (χ1n) is 11.3. The van der Waals surface area contributed by atoms with E-state index in [0.29, 0.717) is 38.4 Å². The highest BCUT2D eigenvalue weighted by molar-refractivity contribution is 7.10. The van der Waals surface area contributed by atoms with Gasteiger partial charge >= 0.3 is 0 Å². The highest BCUT2D eigenvalue weighted by Gasteiger charge is 2.33. The van der Waals surface area contributed by atoms with Gasteiger partial charge in [0.05, 0.1) is 25.8 Å². The van der Waals surface area contributed by atoms with Gasteiger partial charge in [0.25, 0.3) is 0 Å². The van der Waals surface area contributed by atoms with E-state index in [1.807, 2.05) is 34.1 Å². The average molecular weight is 471 g/mol. The zero-order valence-electron chi connectivity index (χ0n) is 19.3. The van der Waals surface area contributed by atoms with E-state index in [0.717, 1.165) is 24.2 Å². The molecule has 0 fully saturated rings. The van der Waals surface area contributed by atoms with Crippen LogP contribution in [0.5, 0.6) is 11.5 Å². The van der Waals surface area contributed by atoms with E-state index in [-0.39, 0.29) is 18.5 Å². The molecule has 178 valence electrons. The van der Waals surface area contributed by atoms with E-state index in [4.69, 9.17) is 9.47 Å². The van der Waals surface area contributed by atoms with Gasteiger partial charge in [-0.15, -0.1) is 24.5 Å². The van der Waals surface area contributed by atoms with Crippen molar-refractivity contribution in [2.75, 3.05) is 39.9 Å². The van der Waals surface area contributed by atoms with Crippen molar-refractivity contribution in [1.82, 2.24) is 9.80 Å². The van der Waals surface area contributed by atoms with Crippen molar-refractivity contribution in [3.8, 4) is 11.5 Å². The van der Waals surface area contributed by atoms with Crippen molar-refractivity contribution >= 4 is 17.2 Å². The normalized spacial score (nSPS) is 16.2. The fraction of sp³-hybridized carbons (Fsp3) is 0.423. The van der Waals surface area contributed by atoms with E-state index in [1.54, 1.807) is 30.6 Å². The van der Waals surface area contributed by atoms with Crippen LogP contribution in [0.2, 0.25) is 0 Å². The maximum Gasteiger partial charge on any atom is 0.237 e. The average Bonchev–Trinajstić information content (AvgIpc) is 3.30. The molecule has 3 rings (SSSR count). The maximum atomic E-state index is 13.4. The zero-order valence-corrected chi connectivity index (χ0v) is 20.1. The standard InChI is InChI=1S/C26H34N2O4S/c1-4-6-8-20(29)17-27(13-5-2)18-26(30)28-14-11-25-23(12-15-33-25)24(28)19-32-22-10-7-9-21(16-22)31-3/h4-5,7,9-10,12,15-16,20,24,29H,1-2,6,8,11,13-14,17-19H2,3H3/t20-,24-/m1/s1. The molecule has 2 heterocycles. The number of rotatable bonds is 13. The predicted octanol–water partition coefficient (Wildman–Crippen LogP) is 4.08. The van der Waals surface area contributed by atoms with E-state index >= 15 is 0 Å². The Morgan fingerprint density at radius 1 is 1.33 bits per heavy atom. The Labute approximate surface area is 200 Å². The van der Waals surface area contributed by atoms with Gasteiger partial charge < -0.3 is 19.5 Å². The van der Waals surface area contributed by atoms with Gasteiger partial charge in [0, 0.05) is 30.6 Å². The van der Waals surface area contributed by atoms with Gasteiger partial charge in [-0.05, 0) is 48.4 Å². The molecule has 0 aliphatic carbocycles. The minimum atomic E-state index is -0.507. The SMILES string of the molecule is C=CCC[C@@H](O)CN(CC=C)CC(=O)N1CCc2sccc2[C@H]1COc1cccc(OC)c1. The summed E-state index contributed by atoms with van der Waals surface area (Å²) in [5.41, 5.74) is 1.16. The Kier molecular flexibility index (Phi) is 9.54. The fourth-order valence-electron chi connectivity index (χ4n) is 4.11. The summed E-state index contributed by atoms with van der Waals surface area (Å²) in [5.74, 6) is 1.47. The van der Waals surface area contributed by atoms with Gasteiger partial charge in [-0.2, -0.15) is 0 Å². The van der Waals surface area contributed by atoms with Crippen LogP contribution in [0.1, 0.15) is 29.3 Å². The molecule has 0 radical (unpaired) electrons. The molecule has 1 amide bonds. The number of carbonyl (C=O) groups is 1. The minimum Gasteiger partial charge on any atom is -0.497 e. The first-order valence-corrected chi connectivity index (χ1v) is 12.2. The second kappa shape index (κ2) is 12.6. The summed E-state index contributed by atoms with van der Waals surface area (Å²) in [6, 6.07) is 9.44. The number of aliphatic hydroxyl groups is 1. The van der Waals surface area contributed by atoms with Crippen molar-refractivity contribution < 1.29 is 19.4 Å². The van der Waals surface area contributed by atoms with Crippen molar-refractivity contribution in [3.05, 3.63) is 71.5 Å². The number of nitrogens with zero attached hydrogens (tertiary/aromatic N) is 2. The number of amides is 1. The molecule has 7 heteroatoms. The van der Waals surface area contributed by atoms with Gasteiger partial charge in [-0.25, -0.2) is 0 Å². The summed E-state index contributed by atoms with van der Waals surface area (Å²) in [6.45, 7) is 9.73.